The van der Waals surface area contributed by atoms with E-state index in [1.165, 1.54) is 38.4 Å². The lowest BCUT2D eigenvalue weighted by Crippen LogP contribution is -1.87. The smallest absolute Gasteiger partial charge is 0.0997 e. The Labute approximate surface area is 67.4 Å². The van der Waals surface area contributed by atoms with Gasteiger partial charge < -0.3 is 0 Å². The Morgan fingerprint density at radius 1 is 1.10 bits per heavy atom. The molecule has 0 bridgehead atoms. The summed E-state index contributed by atoms with van der Waals surface area (Å²) in [6, 6.07) is 0. The molecule has 3 radical (unpaired) electrons. The predicted molar refractivity (Wildman–Crippen MR) is 49.9 cm³/mol. The van der Waals surface area contributed by atoms with E-state index < -0.39 is 0 Å². The quantitative estimate of drug-likeness (QED) is 0.371. The molecule has 0 spiro atoms. The molecule has 0 unspecified atom stereocenters. The van der Waals surface area contributed by atoms with Gasteiger partial charge in [0.25, 0.3) is 0 Å². The minimum absolute atomic E-state index is 0.744. The molecule has 0 aromatic carbocycles. The first-order valence-corrected chi connectivity index (χ1v) is 4.43. The molecule has 0 atom stereocenters. The molecule has 2 heteroatoms. The van der Waals surface area contributed by atoms with Gasteiger partial charge in [0, 0.05) is 0 Å². The summed E-state index contributed by atoms with van der Waals surface area (Å²) >= 11 is 0. The highest BCUT2D eigenvalue weighted by Crippen LogP contribution is 2.04. The first kappa shape index (κ1) is 10.1. The third-order valence-electron chi connectivity index (χ3n) is 1.68. The largest absolute Gasteiger partial charge is 0.114 e. The average molecular weight is 135 g/mol. The van der Waals surface area contributed by atoms with Gasteiger partial charge in [0.15, 0.2) is 0 Å². The van der Waals surface area contributed by atoms with Crippen molar-refractivity contribution in [3.05, 3.63) is 0 Å². The summed E-state index contributed by atoms with van der Waals surface area (Å²) < 4.78 is 0. The monoisotopic (exact) mass is 135 g/mol. The van der Waals surface area contributed by atoms with E-state index >= 15 is 0 Å². The Kier molecular flexibility index (Phi) is 9.25. The van der Waals surface area contributed by atoms with E-state index in [0.717, 1.165) is 6.22 Å². The van der Waals surface area contributed by atoms with Gasteiger partial charge in [0.05, 0.1) is 15.1 Å². The Hall–Kier alpha value is 0.130. The number of unbranched alkanes of at least 4 members (excludes halogenated alkanes) is 4. The van der Waals surface area contributed by atoms with Crippen LogP contribution in [0.3, 0.4) is 0 Å². The van der Waals surface area contributed by atoms with Crippen LogP contribution >= 0.6 is 0 Å². The van der Waals surface area contributed by atoms with Crippen LogP contribution in [-0.2, 0) is 0 Å². The highest BCUT2D eigenvalue weighted by molar-refractivity contribution is 6.46. The molecule has 0 aliphatic carbocycles. The summed E-state index contributed by atoms with van der Waals surface area (Å²) in [7, 11) is 7.47. The predicted octanol–water partition coefficient (Wildman–Crippen LogP) is 2.62. The van der Waals surface area contributed by atoms with Crippen LogP contribution in [0.15, 0.2) is 0 Å². The summed E-state index contributed by atoms with van der Waals surface area (Å²) in [5, 5.41) is 0. The van der Waals surface area contributed by atoms with Gasteiger partial charge in [-0.1, -0.05) is 45.3 Å². The average Bonchev–Trinajstić information content (AvgIpc) is 1.97. The van der Waals surface area contributed by atoms with E-state index in [0.29, 0.717) is 0 Å². The standard InChI is InChI=1S/C8H17B2/c1-2-3-4-5-6-7-10-8-9/h2-8H2,1H3. The van der Waals surface area contributed by atoms with Crippen molar-refractivity contribution in [2.45, 2.75) is 51.6 Å². The molecule has 0 rings (SSSR count). The molecule has 0 aliphatic rings. The van der Waals surface area contributed by atoms with E-state index in [-0.39, 0.29) is 0 Å². The van der Waals surface area contributed by atoms with Crippen molar-refractivity contribution in [2.24, 2.45) is 0 Å². The number of hydrogen-bond donors (Lipinski definition) is 0. The zero-order valence-electron chi connectivity index (χ0n) is 7.10. The van der Waals surface area contributed by atoms with Gasteiger partial charge in [-0.2, -0.15) is 0 Å². The normalized spacial score (nSPS) is 9.70. The highest BCUT2D eigenvalue weighted by Gasteiger charge is 1.88. The lowest BCUT2D eigenvalue weighted by atomic mass is 9.62. The first-order chi connectivity index (χ1) is 4.91. The van der Waals surface area contributed by atoms with Gasteiger partial charge in [-0.3, -0.25) is 0 Å². The Morgan fingerprint density at radius 2 is 1.80 bits per heavy atom. The Bertz CT molecular complexity index is 47.2. The molecule has 0 aromatic heterocycles. The highest BCUT2D eigenvalue weighted by atomic mass is 13.9. The minimum atomic E-state index is 0.744. The summed E-state index contributed by atoms with van der Waals surface area (Å²) in [6.45, 7) is 2.24. The second-order valence-electron chi connectivity index (χ2n) is 2.73. The zero-order valence-corrected chi connectivity index (χ0v) is 7.10. The maximum absolute atomic E-state index is 5.31. The lowest BCUT2D eigenvalue weighted by Gasteiger charge is -1.96. The van der Waals surface area contributed by atoms with Gasteiger partial charge in [-0.05, 0) is 0 Å². The lowest BCUT2D eigenvalue weighted by molar-refractivity contribution is 0.655. The molecule has 0 amide bonds. The van der Waals surface area contributed by atoms with Crippen molar-refractivity contribution in [3.8, 4) is 0 Å². The molecular formula is C8H17B2. The van der Waals surface area contributed by atoms with Crippen molar-refractivity contribution < 1.29 is 0 Å². The molecule has 0 heterocycles. The van der Waals surface area contributed by atoms with Crippen molar-refractivity contribution >= 4 is 15.1 Å². The maximum Gasteiger partial charge on any atom is 0.0997 e. The Morgan fingerprint density at radius 3 is 2.40 bits per heavy atom. The molecule has 55 valence electrons. The maximum atomic E-state index is 5.31. The van der Waals surface area contributed by atoms with Crippen LogP contribution in [0.1, 0.15) is 39.0 Å². The zero-order chi connectivity index (χ0) is 7.66. The minimum Gasteiger partial charge on any atom is -0.114 e. The van der Waals surface area contributed by atoms with Crippen LogP contribution in [0, 0.1) is 0 Å². The van der Waals surface area contributed by atoms with Crippen molar-refractivity contribution in [2.75, 3.05) is 0 Å². The molecule has 0 saturated carbocycles. The number of rotatable bonds is 7. The fraction of sp³-hybridized carbons (Fsp3) is 1.00. The van der Waals surface area contributed by atoms with E-state index in [1.54, 1.807) is 0 Å². The molecule has 0 nitrogen and oxygen atoms in total. The second kappa shape index (κ2) is 9.13. The molecule has 0 N–H and O–H groups in total. The van der Waals surface area contributed by atoms with E-state index in [1.807, 2.05) is 0 Å². The van der Waals surface area contributed by atoms with Crippen LogP contribution in [0.25, 0.3) is 0 Å². The molecule has 10 heavy (non-hydrogen) atoms. The fourth-order valence-corrected chi connectivity index (χ4v) is 1.01. The van der Waals surface area contributed by atoms with Crippen LogP contribution in [0.4, 0.5) is 0 Å². The molecule has 0 fully saturated rings. The molecule has 0 aromatic rings. The van der Waals surface area contributed by atoms with Crippen molar-refractivity contribution in [1.82, 2.24) is 0 Å². The summed E-state index contributed by atoms with van der Waals surface area (Å²) in [6.07, 6.45) is 8.79. The van der Waals surface area contributed by atoms with Crippen molar-refractivity contribution in [3.63, 3.8) is 0 Å². The third kappa shape index (κ3) is 8.13. The van der Waals surface area contributed by atoms with Crippen LogP contribution in [0.5, 0.6) is 0 Å². The van der Waals surface area contributed by atoms with Gasteiger partial charge in [-0.15, -0.1) is 6.22 Å². The van der Waals surface area contributed by atoms with Gasteiger partial charge in [0.1, 0.15) is 0 Å². The summed E-state index contributed by atoms with van der Waals surface area (Å²) in [4.78, 5) is 0. The van der Waals surface area contributed by atoms with Gasteiger partial charge >= 0.3 is 0 Å². The summed E-state index contributed by atoms with van der Waals surface area (Å²) in [5.41, 5.74) is 0. The van der Waals surface area contributed by atoms with Gasteiger partial charge in [0.2, 0.25) is 0 Å². The van der Waals surface area contributed by atoms with E-state index in [9.17, 15) is 0 Å². The molecule has 0 aliphatic heterocycles. The molecular weight excluding hydrogens is 118 g/mol. The topological polar surface area (TPSA) is 0 Å². The van der Waals surface area contributed by atoms with Crippen LogP contribution < -0.4 is 0 Å². The molecule has 0 saturated heterocycles. The summed E-state index contributed by atoms with van der Waals surface area (Å²) in [5.74, 6) is 0. The van der Waals surface area contributed by atoms with Gasteiger partial charge in [-0.25, -0.2) is 0 Å². The van der Waals surface area contributed by atoms with Crippen LogP contribution in [-0.4, -0.2) is 15.1 Å². The van der Waals surface area contributed by atoms with E-state index in [2.05, 4.69) is 14.2 Å². The van der Waals surface area contributed by atoms with E-state index in [4.69, 9.17) is 7.85 Å². The number of hydrogen-bond acceptors (Lipinski definition) is 0. The van der Waals surface area contributed by atoms with Crippen molar-refractivity contribution in [1.29, 1.82) is 0 Å². The second-order valence-corrected chi connectivity index (χ2v) is 2.73. The Balaban J connectivity index is 2.65. The van der Waals surface area contributed by atoms with Crippen LogP contribution in [0.2, 0.25) is 12.5 Å². The first-order valence-electron chi connectivity index (χ1n) is 4.43. The third-order valence-corrected chi connectivity index (χ3v) is 1.68. The fourth-order valence-electron chi connectivity index (χ4n) is 1.01. The SMILES string of the molecule is [B]C[B]CCCCCCC.